The third-order valence-electron chi connectivity index (χ3n) is 3.91. The molecule has 106 valence electrons. The lowest BCUT2D eigenvalue weighted by Gasteiger charge is -2.39. The van der Waals surface area contributed by atoms with Crippen molar-refractivity contribution in [1.82, 2.24) is 10.2 Å². The van der Waals surface area contributed by atoms with Gasteiger partial charge in [0.1, 0.15) is 0 Å². The van der Waals surface area contributed by atoms with Crippen LogP contribution in [0.25, 0.3) is 0 Å². The molecule has 0 aromatic heterocycles. The van der Waals surface area contributed by atoms with Crippen molar-refractivity contribution < 1.29 is 4.74 Å². The van der Waals surface area contributed by atoms with Crippen LogP contribution in [-0.4, -0.2) is 43.8 Å². The zero-order chi connectivity index (χ0) is 13.9. The fourth-order valence-electron chi connectivity index (χ4n) is 2.26. The maximum absolute atomic E-state index is 6.24. The Morgan fingerprint density at radius 2 is 2.11 bits per heavy atom. The topological polar surface area (TPSA) is 24.5 Å². The predicted molar refractivity (Wildman–Crippen MR) is 79.7 cm³/mol. The van der Waals surface area contributed by atoms with E-state index in [9.17, 15) is 0 Å². The van der Waals surface area contributed by atoms with E-state index in [1.807, 2.05) is 18.2 Å². The smallest absolute Gasteiger partial charge is 0.0902 e. The Bertz CT molecular complexity index is 420. The van der Waals surface area contributed by atoms with Gasteiger partial charge in [0.15, 0.2) is 0 Å². The molecular formula is C15H23ClN2O. The van der Waals surface area contributed by atoms with Gasteiger partial charge >= 0.3 is 0 Å². The highest BCUT2D eigenvalue weighted by Gasteiger charge is 2.32. The van der Waals surface area contributed by atoms with Crippen LogP contribution in [0.1, 0.15) is 25.5 Å². The number of nitrogens with zero attached hydrogens (tertiary/aromatic N) is 1. The molecule has 0 radical (unpaired) electrons. The molecule has 2 rings (SSSR count). The molecule has 1 fully saturated rings. The summed E-state index contributed by atoms with van der Waals surface area (Å²) in [6.07, 6.45) is 0. The summed E-state index contributed by atoms with van der Waals surface area (Å²) < 4.78 is 5.92. The summed E-state index contributed by atoms with van der Waals surface area (Å²) in [5.41, 5.74) is 1.21. The summed E-state index contributed by atoms with van der Waals surface area (Å²) >= 11 is 6.24. The highest BCUT2D eigenvalue weighted by molar-refractivity contribution is 6.31. The molecule has 1 unspecified atom stereocenters. The minimum absolute atomic E-state index is 0.0362. The van der Waals surface area contributed by atoms with Crippen LogP contribution in [0.15, 0.2) is 24.3 Å². The van der Waals surface area contributed by atoms with E-state index < -0.39 is 0 Å². The van der Waals surface area contributed by atoms with E-state index in [1.54, 1.807) is 0 Å². The maximum atomic E-state index is 6.24. The van der Waals surface area contributed by atoms with Crippen molar-refractivity contribution in [2.45, 2.75) is 25.5 Å². The average Bonchev–Trinajstić information content (AvgIpc) is 2.36. The van der Waals surface area contributed by atoms with Crippen molar-refractivity contribution in [3.05, 3.63) is 34.9 Å². The van der Waals surface area contributed by atoms with E-state index in [0.717, 1.165) is 31.3 Å². The van der Waals surface area contributed by atoms with Crippen LogP contribution in [0.4, 0.5) is 0 Å². The predicted octanol–water partition coefficient (Wildman–Crippen LogP) is 2.71. The Hall–Kier alpha value is -0.610. The highest BCUT2D eigenvalue weighted by atomic mass is 35.5. The Kier molecular flexibility index (Phi) is 4.85. The van der Waals surface area contributed by atoms with Gasteiger partial charge in [-0.15, -0.1) is 0 Å². The van der Waals surface area contributed by atoms with Crippen LogP contribution in [0.2, 0.25) is 5.02 Å². The van der Waals surface area contributed by atoms with Gasteiger partial charge in [-0.05, 0) is 32.5 Å². The molecule has 4 heteroatoms. The molecule has 0 saturated carbocycles. The molecule has 0 aliphatic carbocycles. The van der Waals surface area contributed by atoms with E-state index in [2.05, 4.69) is 37.2 Å². The first-order valence-corrected chi connectivity index (χ1v) is 7.19. The largest absolute Gasteiger partial charge is 0.371 e. The van der Waals surface area contributed by atoms with Crippen molar-refractivity contribution in [2.24, 2.45) is 0 Å². The Labute approximate surface area is 120 Å². The van der Waals surface area contributed by atoms with Crippen LogP contribution >= 0.6 is 11.6 Å². The first-order chi connectivity index (χ1) is 9.02. The quantitative estimate of drug-likeness (QED) is 0.868. The lowest BCUT2D eigenvalue weighted by molar-refractivity contribution is -0.0725. The van der Waals surface area contributed by atoms with E-state index in [-0.39, 0.29) is 5.60 Å². The van der Waals surface area contributed by atoms with Crippen molar-refractivity contribution in [3.63, 3.8) is 0 Å². The molecule has 1 saturated heterocycles. The number of rotatable bonds is 6. The summed E-state index contributed by atoms with van der Waals surface area (Å²) in [4.78, 5) is 2.27. The maximum Gasteiger partial charge on any atom is 0.0902 e. The number of hydrogen-bond acceptors (Lipinski definition) is 3. The van der Waals surface area contributed by atoms with E-state index in [0.29, 0.717) is 6.04 Å². The van der Waals surface area contributed by atoms with Gasteiger partial charge in [0, 0.05) is 30.7 Å². The molecule has 1 heterocycles. The van der Waals surface area contributed by atoms with Crippen LogP contribution in [0, 0.1) is 0 Å². The lowest BCUT2D eigenvalue weighted by Crippen LogP contribution is -2.59. The standard InChI is InChI=1S/C15H23ClN2O/c1-12(13-6-4-5-7-14(13)16)18(3)8-9-19-15(2)10-17-11-15/h4-7,12,17H,8-11H2,1-3H3. The summed E-state index contributed by atoms with van der Waals surface area (Å²) in [5.74, 6) is 0. The minimum Gasteiger partial charge on any atom is -0.371 e. The zero-order valence-electron chi connectivity index (χ0n) is 11.9. The molecule has 1 atom stereocenters. The first-order valence-electron chi connectivity index (χ1n) is 6.81. The molecule has 1 N–H and O–H groups in total. The Morgan fingerprint density at radius 1 is 1.42 bits per heavy atom. The van der Waals surface area contributed by atoms with Gasteiger partial charge < -0.3 is 10.1 Å². The zero-order valence-corrected chi connectivity index (χ0v) is 12.7. The lowest BCUT2D eigenvalue weighted by atomic mass is 10.0. The van der Waals surface area contributed by atoms with Crippen LogP contribution in [-0.2, 0) is 4.74 Å². The highest BCUT2D eigenvalue weighted by Crippen LogP contribution is 2.26. The third-order valence-corrected chi connectivity index (χ3v) is 4.25. The average molecular weight is 283 g/mol. The minimum atomic E-state index is 0.0362. The number of nitrogens with one attached hydrogen (secondary N) is 1. The van der Waals surface area contributed by atoms with Crippen molar-refractivity contribution in [3.8, 4) is 0 Å². The molecule has 3 nitrogen and oxygen atoms in total. The monoisotopic (exact) mass is 282 g/mol. The molecule has 0 bridgehead atoms. The number of halogens is 1. The summed E-state index contributed by atoms with van der Waals surface area (Å²) in [5, 5.41) is 4.07. The van der Waals surface area contributed by atoms with Gasteiger partial charge in [-0.25, -0.2) is 0 Å². The summed E-state index contributed by atoms with van der Waals surface area (Å²) in [6.45, 7) is 7.90. The fourth-order valence-corrected chi connectivity index (χ4v) is 2.55. The van der Waals surface area contributed by atoms with Gasteiger partial charge in [0.25, 0.3) is 0 Å². The first kappa shape index (κ1) is 14.8. The third kappa shape index (κ3) is 3.69. The molecule has 1 aliphatic heterocycles. The van der Waals surface area contributed by atoms with Gasteiger partial charge in [-0.2, -0.15) is 0 Å². The van der Waals surface area contributed by atoms with Gasteiger partial charge in [-0.3, -0.25) is 4.90 Å². The number of ether oxygens (including phenoxy) is 1. The molecule has 19 heavy (non-hydrogen) atoms. The second-order valence-electron chi connectivity index (χ2n) is 5.58. The molecule has 1 aliphatic rings. The summed E-state index contributed by atoms with van der Waals surface area (Å²) in [7, 11) is 2.11. The van der Waals surface area contributed by atoms with E-state index in [4.69, 9.17) is 16.3 Å². The van der Waals surface area contributed by atoms with Crippen molar-refractivity contribution in [2.75, 3.05) is 33.3 Å². The van der Waals surface area contributed by atoms with Gasteiger partial charge in [0.05, 0.1) is 12.2 Å². The number of hydrogen-bond donors (Lipinski definition) is 1. The fraction of sp³-hybridized carbons (Fsp3) is 0.600. The number of likely N-dealkylation sites (N-methyl/N-ethyl adjacent to an activating group) is 1. The molecule has 0 amide bonds. The van der Waals surface area contributed by atoms with Gasteiger partial charge in [0.2, 0.25) is 0 Å². The van der Waals surface area contributed by atoms with Gasteiger partial charge in [-0.1, -0.05) is 29.8 Å². The molecule has 0 spiro atoms. The van der Waals surface area contributed by atoms with Crippen LogP contribution in [0.5, 0.6) is 0 Å². The second kappa shape index (κ2) is 6.23. The van der Waals surface area contributed by atoms with Crippen LogP contribution < -0.4 is 5.32 Å². The normalized spacial score (nSPS) is 19.2. The molecule has 1 aromatic carbocycles. The van der Waals surface area contributed by atoms with Crippen molar-refractivity contribution >= 4 is 11.6 Å². The SMILES string of the molecule is CC(c1ccccc1Cl)N(C)CCOC1(C)CNC1. The van der Waals surface area contributed by atoms with E-state index >= 15 is 0 Å². The Balaban J connectivity index is 1.82. The van der Waals surface area contributed by atoms with E-state index in [1.165, 1.54) is 5.56 Å². The Morgan fingerprint density at radius 3 is 2.68 bits per heavy atom. The number of benzene rings is 1. The summed E-state index contributed by atoms with van der Waals surface area (Å²) in [6, 6.07) is 8.32. The van der Waals surface area contributed by atoms with Crippen molar-refractivity contribution in [1.29, 1.82) is 0 Å². The second-order valence-corrected chi connectivity index (χ2v) is 5.99. The molecular weight excluding hydrogens is 260 g/mol. The molecule has 1 aromatic rings. The van der Waals surface area contributed by atoms with Crippen LogP contribution in [0.3, 0.4) is 0 Å².